The molecule has 2 aromatic rings. The molecular weight excluding hydrogens is 367 g/mol. The number of hydrogen-bond donors (Lipinski definition) is 2. The van der Waals surface area contributed by atoms with E-state index in [0.29, 0.717) is 11.9 Å². The van der Waals surface area contributed by atoms with Crippen molar-refractivity contribution in [1.29, 1.82) is 0 Å². The van der Waals surface area contributed by atoms with Gasteiger partial charge >= 0.3 is 0 Å². The Bertz CT molecular complexity index is 884. The van der Waals surface area contributed by atoms with Gasteiger partial charge in [-0.15, -0.1) is 0 Å². The molecule has 2 N–H and O–H groups in total. The molecule has 1 aromatic carbocycles. The van der Waals surface area contributed by atoms with Crippen LogP contribution in [0.5, 0.6) is 0 Å². The predicted molar refractivity (Wildman–Crippen MR) is 111 cm³/mol. The van der Waals surface area contributed by atoms with E-state index in [4.69, 9.17) is 5.11 Å². The highest BCUT2D eigenvalue weighted by molar-refractivity contribution is 5.99. The highest BCUT2D eigenvalue weighted by Gasteiger charge is 2.51. The number of aromatic nitrogens is 1. The van der Waals surface area contributed by atoms with Gasteiger partial charge in [-0.1, -0.05) is 12.1 Å². The van der Waals surface area contributed by atoms with Crippen LogP contribution in [0.15, 0.2) is 24.3 Å². The zero-order valence-corrected chi connectivity index (χ0v) is 17.0. The van der Waals surface area contributed by atoms with Crippen molar-refractivity contribution in [1.82, 2.24) is 9.88 Å². The summed E-state index contributed by atoms with van der Waals surface area (Å²) in [5.41, 5.74) is 0.840. The number of aliphatic hydroxyl groups excluding tert-OH is 1. The van der Waals surface area contributed by atoms with E-state index in [-0.39, 0.29) is 23.7 Å². The van der Waals surface area contributed by atoms with Crippen LogP contribution in [0.2, 0.25) is 0 Å². The smallest absolute Gasteiger partial charge is 0.271 e. The van der Waals surface area contributed by atoms with Crippen LogP contribution in [0.4, 0.5) is 4.39 Å². The van der Waals surface area contributed by atoms with Crippen molar-refractivity contribution in [2.45, 2.75) is 69.9 Å². The maximum absolute atomic E-state index is 15.4. The van der Waals surface area contributed by atoms with E-state index in [1.54, 1.807) is 6.07 Å². The summed E-state index contributed by atoms with van der Waals surface area (Å²) in [7, 11) is 0. The van der Waals surface area contributed by atoms with Crippen LogP contribution < -0.4 is 5.32 Å². The molecule has 0 aliphatic heterocycles. The minimum atomic E-state index is -0.398. The lowest BCUT2D eigenvalue weighted by molar-refractivity contribution is -0.0169. The van der Waals surface area contributed by atoms with Gasteiger partial charge in [0.05, 0.1) is 5.52 Å². The van der Waals surface area contributed by atoms with Gasteiger partial charge in [-0.2, -0.15) is 0 Å². The second-order valence-corrected chi connectivity index (χ2v) is 9.77. The Hall–Kier alpha value is -1.88. The SMILES string of the molecule is O=C(NC12CC3CC(CC(C3)C1)C2)c1c(F)c2ccccc2n1CCCCCO. The first-order chi connectivity index (χ1) is 14.1. The summed E-state index contributed by atoms with van der Waals surface area (Å²) in [5.74, 6) is 1.55. The Morgan fingerprint density at radius 1 is 1.07 bits per heavy atom. The van der Waals surface area contributed by atoms with Crippen LogP contribution in [0.1, 0.15) is 68.3 Å². The van der Waals surface area contributed by atoms with Crippen LogP contribution in [-0.2, 0) is 6.54 Å². The summed E-state index contributed by atoms with van der Waals surface area (Å²) in [5, 5.41) is 12.9. The topological polar surface area (TPSA) is 54.3 Å². The van der Waals surface area contributed by atoms with E-state index in [9.17, 15) is 4.79 Å². The second-order valence-electron chi connectivity index (χ2n) is 9.77. The minimum absolute atomic E-state index is 0.129. The lowest BCUT2D eigenvalue weighted by Gasteiger charge is -2.56. The standard InChI is InChI=1S/C24H31FN2O2/c25-21-19-6-2-3-7-20(19)27(8-4-1-5-9-28)22(21)23(29)26-24-13-16-10-17(14-24)12-18(11-16)15-24/h2-3,6-7,16-18,28H,1,4-5,8-15H2,(H,26,29). The molecular formula is C24H31FN2O2. The van der Waals surface area contributed by atoms with E-state index in [2.05, 4.69) is 5.32 Å². The van der Waals surface area contributed by atoms with Gasteiger partial charge in [-0.25, -0.2) is 4.39 Å². The number of aryl methyl sites for hydroxylation is 1. The van der Waals surface area contributed by atoms with E-state index < -0.39 is 5.82 Å². The summed E-state index contributed by atoms with van der Waals surface area (Å²) in [6.07, 6.45) is 9.53. The molecule has 1 amide bonds. The number of carbonyl (C=O) groups excluding carboxylic acids is 1. The Balaban J connectivity index is 1.44. The molecule has 0 unspecified atom stereocenters. The highest BCUT2D eigenvalue weighted by atomic mass is 19.1. The van der Waals surface area contributed by atoms with Gasteiger partial charge in [0.2, 0.25) is 0 Å². The Kier molecular flexibility index (Phi) is 4.89. The lowest BCUT2D eigenvalue weighted by Crippen LogP contribution is -2.60. The Morgan fingerprint density at radius 3 is 2.38 bits per heavy atom. The number of unbranched alkanes of at least 4 members (excludes halogenated alkanes) is 2. The first-order valence-electron chi connectivity index (χ1n) is 11.3. The number of aliphatic hydroxyl groups is 1. The molecule has 6 rings (SSSR count). The second kappa shape index (κ2) is 7.42. The third kappa shape index (κ3) is 3.37. The van der Waals surface area contributed by atoms with Gasteiger partial charge < -0.3 is 15.0 Å². The number of rotatable bonds is 7. The summed E-state index contributed by atoms with van der Waals surface area (Å²) in [6.45, 7) is 0.758. The number of benzene rings is 1. The van der Waals surface area contributed by atoms with Gasteiger partial charge in [0, 0.05) is 24.1 Å². The predicted octanol–water partition coefficient (Wildman–Crippen LogP) is 4.64. The monoisotopic (exact) mass is 398 g/mol. The van der Waals surface area contributed by atoms with Gasteiger partial charge in [-0.05, 0) is 87.7 Å². The molecule has 0 atom stereocenters. The van der Waals surface area contributed by atoms with Crippen LogP contribution in [0, 0.1) is 23.6 Å². The maximum atomic E-state index is 15.4. The van der Waals surface area contributed by atoms with Gasteiger partial charge in [0.15, 0.2) is 5.82 Å². The van der Waals surface area contributed by atoms with Crippen molar-refractivity contribution in [3.8, 4) is 0 Å². The van der Waals surface area contributed by atoms with Gasteiger partial charge in [-0.3, -0.25) is 4.79 Å². The zero-order chi connectivity index (χ0) is 20.0. The fourth-order valence-electron chi connectivity index (χ4n) is 6.84. The molecule has 4 nitrogen and oxygen atoms in total. The van der Waals surface area contributed by atoms with Crippen molar-refractivity contribution in [2.75, 3.05) is 6.61 Å². The first-order valence-corrected chi connectivity index (χ1v) is 11.3. The molecule has 1 aromatic heterocycles. The molecule has 156 valence electrons. The summed E-state index contributed by atoms with van der Waals surface area (Å²) >= 11 is 0. The fraction of sp³-hybridized carbons (Fsp3) is 0.625. The molecule has 5 heteroatoms. The first kappa shape index (κ1) is 19.1. The summed E-state index contributed by atoms with van der Waals surface area (Å²) < 4.78 is 17.2. The number of hydrogen-bond acceptors (Lipinski definition) is 2. The molecule has 0 spiro atoms. The number of carbonyl (C=O) groups is 1. The van der Waals surface area contributed by atoms with E-state index in [0.717, 1.165) is 61.8 Å². The molecule has 4 aliphatic rings. The normalized spacial score (nSPS) is 30.2. The maximum Gasteiger partial charge on any atom is 0.271 e. The van der Waals surface area contributed by atoms with Crippen LogP contribution in [-0.4, -0.2) is 27.7 Å². The average Bonchev–Trinajstić information content (AvgIpc) is 2.96. The molecule has 4 fully saturated rings. The minimum Gasteiger partial charge on any atom is -0.396 e. The molecule has 4 bridgehead atoms. The Morgan fingerprint density at radius 2 is 1.72 bits per heavy atom. The van der Waals surface area contributed by atoms with Crippen molar-refractivity contribution in [3.63, 3.8) is 0 Å². The third-order valence-corrected chi connectivity index (χ3v) is 7.58. The van der Waals surface area contributed by atoms with Crippen molar-refractivity contribution >= 4 is 16.8 Å². The van der Waals surface area contributed by atoms with E-state index in [1.165, 1.54) is 19.3 Å². The summed E-state index contributed by atoms with van der Waals surface area (Å²) in [6, 6.07) is 7.37. The number of nitrogens with one attached hydrogen (secondary N) is 1. The van der Waals surface area contributed by atoms with Crippen molar-refractivity contribution in [3.05, 3.63) is 35.8 Å². The largest absolute Gasteiger partial charge is 0.396 e. The van der Waals surface area contributed by atoms with Crippen LogP contribution in [0.3, 0.4) is 0 Å². The van der Waals surface area contributed by atoms with Crippen LogP contribution >= 0.6 is 0 Å². The summed E-state index contributed by atoms with van der Waals surface area (Å²) in [4.78, 5) is 13.4. The fourth-order valence-corrected chi connectivity index (χ4v) is 6.84. The molecule has 0 saturated heterocycles. The van der Waals surface area contributed by atoms with Gasteiger partial charge in [0.1, 0.15) is 5.69 Å². The average molecular weight is 399 g/mol. The molecule has 4 aliphatic carbocycles. The highest BCUT2D eigenvalue weighted by Crippen LogP contribution is 2.55. The molecule has 29 heavy (non-hydrogen) atoms. The number of halogens is 1. The van der Waals surface area contributed by atoms with Gasteiger partial charge in [0.25, 0.3) is 5.91 Å². The number of nitrogens with zero attached hydrogens (tertiary/aromatic N) is 1. The lowest BCUT2D eigenvalue weighted by atomic mass is 9.53. The molecule has 1 heterocycles. The Labute approximate surface area is 171 Å². The molecule has 4 saturated carbocycles. The zero-order valence-electron chi connectivity index (χ0n) is 17.0. The van der Waals surface area contributed by atoms with Crippen molar-refractivity contribution < 1.29 is 14.3 Å². The third-order valence-electron chi connectivity index (χ3n) is 7.58. The number of amides is 1. The van der Waals surface area contributed by atoms with Crippen LogP contribution in [0.25, 0.3) is 10.9 Å². The molecule has 0 radical (unpaired) electrons. The van der Waals surface area contributed by atoms with E-state index >= 15 is 4.39 Å². The number of fused-ring (bicyclic) bond motifs is 1. The van der Waals surface area contributed by atoms with Crippen molar-refractivity contribution in [2.24, 2.45) is 17.8 Å². The quantitative estimate of drug-likeness (QED) is 0.668. The van der Waals surface area contributed by atoms with E-state index in [1.807, 2.05) is 22.8 Å². The number of para-hydroxylation sites is 1.